The highest BCUT2D eigenvalue weighted by Gasteiger charge is 2.41. The van der Waals surface area contributed by atoms with Crippen LogP contribution in [0.1, 0.15) is 63.9 Å². The molecule has 0 saturated heterocycles. The van der Waals surface area contributed by atoms with Crippen LogP contribution in [-0.4, -0.2) is 36.9 Å². The van der Waals surface area contributed by atoms with E-state index in [9.17, 15) is 28.1 Å². The summed E-state index contributed by atoms with van der Waals surface area (Å²) >= 11 is 5.98. The predicted octanol–water partition coefficient (Wildman–Crippen LogP) is 5.02. The molecule has 0 atom stereocenters. The van der Waals surface area contributed by atoms with Crippen LogP contribution in [0.2, 0.25) is 5.02 Å². The molecule has 2 heterocycles. The minimum absolute atomic E-state index is 0.00483. The number of aryl methyl sites for hydroxylation is 2. The van der Waals surface area contributed by atoms with Crippen molar-refractivity contribution in [3.05, 3.63) is 73.3 Å². The average molecular weight is 525 g/mol. The van der Waals surface area contributed by atoms with E-state index in [4.69, 9.17) is 11.6 Å². The lowest BCUT2D eigenvalue weighted by Crippen LogP contribution is -2.25. The Hall–Kier alpha value is -3.41. The van der Waals surface area contributed by atoms with E-state index < -0.39 is 16.8 Å². The van der Waals surface area contributed by atoms with Crippen LogP contribution in [0.4, 0.5) is 18.9 Å². The molecule has 4 rings (SSSR count). The zero-order valence-corrected chi connectivity index (χ0v) is 20.4. The first-order valence-electron chi connectivity index (χ1n) is 11.4. The largest absolute Gasteiger partial charge is 0.436 e. The first-order valence-corrected chi connectivity index (χ1v) is 11.7. The van der Waals surface area contributed by atoms with Crippen molar-refractivity contribution in [2.75, 3.05) is 6.54 Å². The number of benzene rings is 1. The van der Waals surface area contributed by atoms with E-state index in [0.717, 1.165) is 18.4 Å². The van der Waals surface area contributed by atoms with Crippen molar-refractivity contribution in [2.24, 2.45) is 0 Å². The van der Waals surface area contributed by atoms with Crippen LogP contribution < -0.4 is 5.32 Å². The van der Waals surface area contributed by atoms with Gasteiger partial charge in [0.2, 0.25) is 0 Å². The van der Waals surface area contributed by atoms with Gasteiger partial charge in [-0.1, -0.05) is 23.7 Å². The van der Waals surface area contributed by atoms with Crippen LogP contribution in [0.3, 0.4) is 0 Å². The van der Waals surface area contributed by atoms with E-state index in [1.807, 2.05) is 0 Å². The molecule has 3 aromatic rings. The second-order valence-corrected chi connectivity index (χ2v) is 9.16. The molecule has 0 aliphatic heterocycles. The van der Waals surface area contributed by atoms with Gasteiger partial charge in [-0.3, -0.25) is 24.3 Å². The van der Waals surface area contributed by atoms with Gasteiger partial charge >= 0.3 is 11.9 Å². The normalized spacial score (nSPS) is 13.7. The summed E-state index contributed by atoms with van der Waals surface area (Å²) < 4.78 is 42.4. The number of alkyl halides is 3. The van der Waals surface area contributed by atoms with Gasteiger partial charge in [0, 0.05) is 24.6 Å². The Kier molecular flexibility index (Phi) is 7.07. The third-order valence-corrected chi connectivity index (χ3v) is 6.44. The molecule has 0 bridgehead atoms. The fraction of sp³-hybridized carbons (Fsp3) is 0.435. The Morgan fingerprint density at radius 1 is 1.19 bits per heavy atom. The third kappa shape index (κ3) is 5.38. The molecule has 9 nitrogen and oxygen atoms in total. The summed E-state index contributed by atoms with van der Waals surface area (Å²) in [6.07, 6.45) is -2.66. The van der Waals surface area contributed by atoms with Gasteiger partial charge in [0.1, 0.15) is 11.4 Å². The summed E-state index contributed by atoms with van der Waals surface area (Å²) in [4.78, 5) is 23.2. The smallest absolute Gasteiger partial charge is 0.352 e. The SMILES string of the molecule is Cc1nn(Cc2ccc(C(=O)NCCCn3nc(C(F)(F)F)c(Cl)c3C3CC3)cc2)c(C)c1[N+](=O)[O-]. The minimum atomic E-state index is -4.62. The Morgan fingerprint density at radius 3 is 2.42 bits per heavy atom. The lowest BCUT2D eigenvalue weighted by atomic mass is 10.1. The zero-order chi connectivity index (χ0) is 26.2. The Bertz CT molecular complexity index is 1300. The molecule has 0 unspecified atom stereocenters. The number of aromatic nitrogens is 4. The number of rotatable bonds is 9. The second-order valence-electron chi connectivity index (χ2n) is 8.78. The van der Waals surface area contributed by atoms with Gasteiger partial charge in [-0.15, -0.1) is 0 Å². The zero-order valence-electron chi connectivity index (χ0n) is 19.6. The molecule has 1 fully saturated rings. The van der Waals surface area contributed by atoms with Gasteiger partial charge in [-0.05, 0) is 50.8 Å². The molecule has 13 heteroatoms. The van der Waals surface area contributed by atoms with Crippen LogP contribution in [0.5, 0.6) is 0 Å². The molecule has 0 radical (unpaired) electrons. The maximum atomic E-state index is 13.2. The topological polar surface area (TPSA) is 108 Å². The summed E-state index contributed by atoms with van der Waals surface area (Å²) in [5.41, 5.74) is 1.36. The molecule has 2 aromatic heterocycles. The summed E-state index contributed by atoms with van der Waals surface area (Å²) in [6, 6.07) is 6.75. The van der Waals surface area contributed by atoms with Crippen LogP contribution in [0.15, 0.2) is 24.3 Å². The Labute approximate surface area is 209 Å². The summed E-state index contributed by atoms with van der Waals surface area (Å²) in [7, 11) is 0. The summed E-state index contributed by atoms with van der Waals surface area (Å²) in [6.45, 7) is 3.99. The van der Waals surface area contributed by atoms with E-state index >= 15 is 0 Å². The van der Waals surface area contributed by atoms with Gasteiger partial charge in [0.05, 0.1) is 22.2 Å². The number of nitrogens with one attached hydrogen (secondary N) is 1. The highest BCUT2D eigenvalue weighted by molar-refractivity contribution is 6.32. The van der Waals surface area contributed by atoms with Gasteiger partial charge in [-0.2, -0.15) is 23.4 Å². The molecule has 0 spiro atoms. The van der Waals surface area contributed by atoms with E-state index in [0.29, 0.717) is 35.6 Å². The van der Waals surface area contributed by atoms with Gasteiger partial charge < -0.3 is 5.32 Å². The second kappa shape index (κ2) is 9.92. The van der Waals surface area contributed by atoms with Crippen molar-refractivity contribution in [1.82, 2.24) is 24.9 Å². The molecule has 36 heavy (non-hydrogen) atoms. The van der Waals surface area contributed by atoms with E-state index in [1.54, 1.807) is 42.8 Å². The molecule has 1 amide bonds. The molecule has 192 valence electrons. The Morgan fingerprint density at radius 2 is 1.86 bits per heavy atom. The molecule has 1 aliphatic rings. The predicted molar refractivity (Wildman–Crippen MR) is 125 cm³/mol. The number of halogens is 4. The highest BCUT2D eigenvalue weighted by Crippen LogP contribution is 2.46. The quantitative estimate of drug-likeness (QED) is 0.240. The maximum Gasteiger partial charge on any atom is 0.436 e. The van der Waals surface area contributed by atoms with Crippen molar-refractivity contribution in [1.29, 1.82) is 0 Å². The minimum Gasteiger partial charge on any atom is -0.352 e. The molecule has 1 N–H and O–H groups in total. The first-order chi connectivity index (χ1) is 17.0. The summed E-state index contributed by atoms with van der Waals surface area (Å²) in [5, 5.41) is 21.5. The van der Waals surface area contributed by atoms with Gasteiger partial charge in [0.15, 0.2) is 5.69 Å². The first kappa shape index (κ1) is 25.7. The summed E-state index contributed by atoms with van der Waals surface area (Å²) in [5.74, 6) is -0.324. The molecular weight excluding hydrogens is 501 g/mol. The van der Waals surface area contributed by atoms with Crippen LogP contribution in [-0.2, 0) is 19.3 Å². The number of carbonyl (C=O) groups excluding carboxylic acids is 1. The lowest BCUT2D eigenvalue weighted by Gasteiger charge is -2.09. The number of hydrogen-bond donors (Lipinski definition) is 1. The lowest BCUT2D eigenvalue weighted by molar-refractivity contribution is -0.386. The van der Waals surface area contributed by atoms with Crippen LogP contribution in [0.25, 0.3) is 0 Å². The highest BCUT2D eigenvalue weighted by atomic mass is 35.5. The number of carbonyl (C=O) groups is 1. The van der Waals surface area contributed by atoms with E-state index in [2.05, 4.69) is 15.5 Å². The van der Waals surface area contributed by atoms with Crippen LogP contribution >= 0.6 is 11.6 Å². The van der Waals surface area contributed by atoms with Crippen molar-refractivity contribution in [2.45, 2.75) is 58.3 Å². The number of nitro groups is 1. The van der Waals surface area contributed by atoms with Crippen molar-refractivity contribution >= 4 is 23.2 Å². The van der Waals surface area contributed by atoms with Gasteiger partial charge in [0.25, 0.3) is 5.91 Å². The molecule has 1 saturated carbocycles. The van der Waals surface area contributed by atoms with Crippen molar-refractivity contribution < 1.29 is 22.9 Å². The number of nitrogens with zero attached hydrogens (tertiary/aromatic N) is 5. The van der Waals surface area contributed by atoms with E-state index in [1.165, 1.54) is 4.68 Å². The number of hydrogen-bond acceptors (Lipinski definition) is 5. The Balaban J connectivity index is 1.32. The molecule has 1 aromatic carbocycles. The molecular formula is C23H24ClF3N6O3. The fourth-order valence-corrected chi connectivity index (χ4v) is 4.52. The monoisotopic (exact) mass is 524 g/mol. The average Bonchev–Trinajstić information content (AvgIpc) is 3.51. The maximum absolute atomic E-state index is 13.2. The third-order valence-electron chi connectivity index (χ3n) is 6.07. The number of amides is 1. The fourth-order valence-electron chi connectivity index (χ4n) is 4.12. The van der Waals surface area contributed by atoms with E-state index in [-0.39, 0.29) is 35.6 Å². The van der Waals surface area contributed by atoms with Crippen molar-refractivity contribution in [3.8, 4) is 0 Å². The van der Waals surface area contributed by atoms with Crippen LogP contribution in [0, 0.1) is 24.0 Å². The van der Waals surface area contributed by atoms with Crippen molar-refractivity contribution in [3.63, 3.8) is 0 Å². The van der Waals surface area contributed by atoms with Gasteiger partial charge in [-0.25, -0.2) is 0 Å². The molecule has 1 aliphatic carbocycles. The standard InChI is InChI=1S/C23H24ClF3N6O3/c1-13-19(33(35)36)14(2)32(29-13)12-15-4-6-17(7-5-15)22(34)28-10-3-11-31-20(16-8-9-16)18(24)21(30-31)23(25,26)27/h4-7,16H,3,8-12H2,1-2H3,(H,28,34).